The molecule has 1 rings (SSSR count). The molecule has 0 heterocycles. The fraction of sp³-hybridized carbons (Fsp3) is 0.500. The van der Waals surface area contributed by atoms with Gasteiger partial charge >= 0.3 is 0 Å². The summed E-state index contributed by atoms with van der Waals surface area (Å²) < 4.78 is 14.0. The van der Waals surface area contributed by atoms with Crippen molar-refractivity contribution in [2.45, 2.75) is 6.04 Å². The highest BCUT2D eigenvalue weighted by Gasteiger charge is 2.30. The maximum atomic E-state index is 14.0. The third-order valence-electron chi connectivity index (χ3n) is 3.10. The first-order chi connectivity index (χ1) is 9.40. The molecule has 0 saturated heterocycles. The second-order valence-electron chi connectivity index (χ2n) is 4.86. The minimum Gasteiger partial charge on any atom is -0.343 e. The number of amides is 1. The molecule has 0 aliphatic heterocycles. The summed E-state index contributed by atoms with van der Waals surface area (Å²) >= 11 is 6.07. The number of likely N-dealkylation sites (N-methyl/N-ethyl adjacent to an activating group) is 3. The van der Waals surface area contributed by atoms with Gasteiger partial charge in [0.05, 0.1) is 0 Å². The zero-order valence-electron chi connectivity index (χ0n) is 13.1. The maximum Gasteiger partial charge on any atom is 0.244 e. The largest absolute Gasteiger partial charge is 0.343 e. The second kappa shape index (κ2) is 11.0. The first-order valence-corrected chi connectivity index (χ1v) is 6.77. The Balaban J connectivity index is 0. The summed E-state index contributed by atoms with van der Waals surface area (Å²) in [5.41, 5.74) is 0.223. The molecule has 0 aromatic heterocycles. The number of carbonyl (C=O) groups is 1. The predicted molar refractivity (Wildman–Crippen MR) is 93.9 cm³/mol. The summed E-state index contributed by atoms with van der Waals surface area (Å²) in [5.74, 6) is -0.649. The molecule has 0 saturated carbocycles. The summed E-state index contributed by atoms with van der Waals surface area (Å²) in [5, 5.41) is 3.24. The molecule has 1 N–H and O–H groups in total. The minimum atomic E-state index is -0.731. The Hall–Kier alpha value is -0.590. The Kier molecular flexibility index (Phi) is 11.9. The highest BCUT2D eigenvalue weighted by Crippen LogP contribution is 2.30. The van der Waals surface area contributed by atoms with Gasteiger partial charge in [-0.15, -0.1) is 24.8 Å². The van der Waals surface area contributed by atoms with Gasteiger partial charge in [0.25, 0.3) is 0 Å². The first kappa shape index (κ1) is 23.7. The molecule has 1 unspecified atom stereocenters. The zero-order valence-corrected chi connectivity index (χ0v) is 15.5. The number of benzene rings is 1. The van der Waals surface area contributed by atoms with Crippen molar-refractivity contribution in [3.63, 3.8) is 0 Å². The van der Waals surface area contributed by atoms with Crippen LogP contribution in [0.4, 0.5) is 4.39 Å². The standard InChI is InChI=1S/C14H21ClFN3O.2ClH/c1-17-8-9-19(4)14(20)13(18(2)3)12-10(15)6-5-7-11(12)16;;/h5-7,13,17H,8-9H2,1-4H3;2*1H. The molecule has 0 bridgehead atoms. The minimum absolute atomic E-state index is 0. The number of hydrogen-bond acceptors (Lipinski definition) is 3. The molecule has 0 fully saturated rings. The quantitative estimate of drug-likeness (QED) is 0.831. The third-order valence-corrected chi connectivity index (χ3v) is 3.43. The van der Waals surface area contributed by atoms with Crippen LogP contribution in [0.1, 0.15) is 11.6 Å². The van der Waals surface area contributed by atoms with Crippen LogP contribution in [-0.2, 0) is 4.79 Å². The molecule has 1 aromatic rings. The first-order valence-electron chi connectivity index (χ1n) is 6.40. The fourth-order valence-electron chi connectivity index (χ4n) is 1.97. The molecule has 8 heteroatoms. The molecular formula is C14H23Cl3FN3O. The van der Waals surface area contributed by atoms with Crippen LogP contribution in [0, 0.1) is 5.82 Å². The molecule has 1 amide bonds. The fourth-order valence-corrected chi connectivity index (χ4v) is 2.24. The lowest BCUT2D eigenvalue weighted by molar-refractivity contribution is -0.135. The number of halogens is 4. The van der Waals surface area contributed by atoms with Gasteiger partial charge in [0.15, 0.2) is 0 Å². The van der Waals surface area contributed by atoms with Gasteiger partial charge in [0, 0.05) is 30.7 Å². The second-order valence-corrected chi connectivity index (χ2v) is 5.27. The van der Waals surface area contributed by atoms with Crippen molar-refractivity contribution >= 4 is 42.3 Å². The van der Waals surface area contributed by atoms with E-state index in [1.807, 2.05) is 7.05 Å². The van der Waals surface area contributed by atoms with E-state index in [9.17, 15) is 9.18 Å². The van der Waals surface area contributed by atoms with Crippen LogP contribution >= 0.6 is 36.4 Å². The molecular weight excluding hydrogens is 352 g/mol. The Morgan fingerprint density at radius 2 is 1.91 bits per heavy atom. The van der Waals surface area contributed by atoms with E-state index in [0.29, 0.717) is 13.1 Å². The number of nitrogens with zero attached hydrogens (tertiary/aromatic N) is 2. The molecule has 1 atom stereocenters. The highest BCUT2D eigenvalue weighted by molar-refractivity contribution is 6.31. The predicted octanol–water partition coefficient (Wildman–Crippen LogP) is 2.60. The van der Waals surface area contributed by atoms with Crippen molar-refractivity contribution in [1.29, 1.82) is 0 Å². The average molecular weight is 375 g/mol. The molecule has 128 valence electrons. The number of rotatable bonds is 6. The maximum absolute atomic E-state index is 14.0. The Labute approximate surface area is 148 Å². The monoisotopic (exact) mass is 373 g/mol. The van der Waals surface area contributed by atoms with Crippen molar-refractivity contribution in [2.24, 2.45) is 0 Å². The molecule has 1 aromatic carbocycles. The third kappa shape index (κ3) is 5.89. The van der Waals surface area contributed by atoms with E-state index in [1.165, 1.54) is 12.1 Å². The topological polar surface area (TPSA) is 35.6 Å². The number of carbonyl (C=O) groups excluding carboxylic acids is 1. The van der Waals surface area contributed by atoms with Crippen molar-refractivity contribution in [3.8, 4) is 0 Å². The highest BCUT2D eigenvalue weighted by atomic mass is 35.5. The van der Waals surface area contributed by atoms with Crippen LogP contribution < -0.4 is 5.32 Å². The van der Waals surface area contributed by atoms with Crippen molar-refractivity contribution in [3.05, 3.63) is 34.6 Å². The van der Waals surface area contributed by atoms with Crippen LogP contribution in [0.5, 0.6) is 0 Å². The molecule has 0 spiro atoms. The summed E-state index contributed by atoms with van der Waals surface area (Å²) in [7, 11) is 6.98. The van der Waals surface area contributed by atoms with E-state index in [-0.39, 0.29) is 41.3 Å². The normalized spacial score (nSPS) is 11.4. The van der Waals surface area contributed by atoms with E-state index in [1.54, 1.807) is 37.0 Å². The van der Waals surface area contributed by atoms with Crippen LogP contribution in [-0.4, -0.2) is 57.0 Å². The molecule has 4 nitrogen and oxygen atoms in total. The van der Waals surface area contributed by atoms with E-state index < -0.39 is 11.9 Å². The van der Waals surface area contributed by atoms with Crippen LogP contribution in [0.2, 0.25) is 5.02 Å². The molecule has 0 aliphatic rings. The van der Waals surface area contributed by atoms with E-state index in [2.05, 4.69) is 5.32 Å². The lowest BCUT2D eigenvalue weighted by Gasteiger charge is -2.29. The summed E-state index contributed by atoms with van der Waals surface area (Å²) in [6.07, 6.45) is 0. The van der Waals surface area contributed by atoms with Crippen molar-refractivity contribution < 1.29 is 9.18 Å². The van der Waals surface area contributed by atoms with Gasteiger partial charge in [-0.2, -0.15) is 0 Å². The van der Waals surface area contributed by atoms with Gasteiger partial charge in [-0.25, -0.2) is 4.39 Å². The summed E-state index contributed by atoms with van der Waals surface area (Å²) in [6, 6.07) is 3.71. The SMILES string of the molecule is CNCCN(C)C(=O)C(c1c(F)cccc1Cl)N(C)C.Cl.Cl. The van der Waals surface area contributed by atoms with Crippen molar-refractivity contribution in [1.82, 2.24) is 15.1 Å². The summed E-state index contributed by atoms with van der Waals surface area (Å²) in [6.45, 7) is 1.22. The Morgan fingerprint density at radius 1 is 1.32 bits per heavy atom. The average Bonchev–Trinajstić information content (AvgIpc) is 2.39. The Morgan fingerprint density at radius 3 is 2.36 bits per heavy atom. The van der Waals surface area contributed by atoms with Crippen molar-refractivity contribution in [2.75, 3.05) is 41.3 Å². The van der Waals surface area contributed by atoms with Gasteiger partial charge in [-0.05, 0) is 33.3 Å². The van der Waals surface area contributed by atoms with Gasteiger partial charge < -0.3 is 10.2 Å². The van der Waals surface area contributed by atoms with Gasteiger partial charge in [0.2, 0.25) is 5.91 Å². The van der Waals surface area contributed by atoms with Gasteiger partial charge in [-0.1, -0.05) is 17.7 Å². The van der Waals surface area contributed by atoms with Crippen LogP contribution in [0.25, 0.3) is 0 Å². The Bertz CT molecular complexity index is 454. The van der Waals surface area contributed by atoms with Crippen LogP contribution in [0.3, 0.4) is 0 Å². The van der Waals surface area contributed by atoms with E-state index in [0.717, 1.165) is 0 Å². The molecule has 0 radical (unpaired) electrons. The summed E-state index contributed by atoms with van der Waals surface area (Å²) in [4.78, 5) is 15.8. The van der Waals surface area contributed by atoms with E-state index in [4.69, 9.17) is 11.6 Å². The van der Waals surface area contributed by atoms with Gasteiger partial charge in [-0.3, -0.25) is 9.69 Å². The lowest BCUT2D eigenvalue weighted by atomic mass is 10.0. The smallest absolute Gasteiger partial charge is 0.244 e. The van der Waals surface area contributed by atoms with E-state index >= 15 is 0 Å². The zero-order chi connectivity index (χ0) is 15.3. The number of nitrogens with one attached hydrogen (secondary N) is 1. The molecule has 22 heavy (non-hydrogen) atoms. The van der Waals surface area contributed by atoms with Gasteiger partial charge in [0.1, 0.15) is 11.9 Å². The molecule has 0 aliphatic carbocycles. The number of hydrogen-bond donors (Lipinski definition) is 1. The lowest BCUT2D eigenvalue weighted by Crippen LogP contribution is -2.41. The van der Waals surface area contributed by atoms with Crippen LogP contribution in [0.15, 0.2) is 18.2 Å².